The Kier molecular flexibility index (Phi) is 7.81. The van der Waals surface area contributed by atoms with Crippen LogP contribution in [0.3, 0.4) is 0 Å². The summed E-state index contributed by atoms with van der Waals surface area (Å²) in [6.07, 6.45) is 9.76. The highest BCUT2D eigenvalue weighted by atomic mass is 79.9. The Bertz CT molecular complexity index is 316. The fourth-order valence-electron chi connectivity index (χ4n) is 1.80. The monoisotopic (exact) mass is 296 g/mol. The van der Waals surface area contributed by atoms with Gasteiger partial charge in [0.15, 0.2) is 0 Å². The van der Waals surface area contributed by atoms with Gasteiger partial charge in [0.05, 0.1) is 7.11 Å². The van der Waals surface area contributed by atoms with Crippen molar-refractivity contribution in [2.24, 2.45) is 0 Å². The third-order valence-corrected chi connectivity index (χ3v) is 3.21. The van der Waals surface area contributed by atoms with E-state index in [0.717, 1.165) is 5.75 Å². The normalized spacial score (nSPS) is 10.9. The van der Waals surface area contributed by atoms with E-state index in [9.17, 15) is 0 Å². The molecule has 1 rings (SSSR count). The summed E-state index contributed by atoms with van der Waals surface area (Å²) < 4.78 is 5.14. The number of allylic oxidation sites excluding steroid dienone is 1. The Morgan fingerprint density at radius 2 is 1.76 bits per heavy atom. The molecule has 0 N–H and O–H groups in total. The van der Waals surface area contributed by atoms with Gasteiger partial charge in [0.25, 0.3) is 0 Å². The molecule has 0 heterocycles. The van der Waals surface area contributed by atoms with Crippen molar-refractivity contribution in [3.05, 3.63) is 40.9 Å². The second kappa shape index (κ2) is 9.29. The summed E-state index contributed by atoms with van der Waals surface area (Å²) in [6.45, 7) is 0. The number of rotatable bonds is 8. The van der Waals surface area contributed by atoms with Gasteiger partial charge in [0.2, 0.25) is 0 Å². The van der Waals surface area contributed by atoms with Crippen molar-refractivity contribution in [1.82, 2.24) is 0 Å². The molecule has 2 heteroatoms. The van der Waals surface area contributed by atoms with Crippen LogP contribution < -0.4 is 4.74 Å². The SMILES string of the molecule is COc1ccc(CCCCCC/C=C/Br)cc1. The molecule has 0 bridgehead atoms. The number of ether oxygens (including phenoxy) is 1. The zero-order valence-electron chi connectivity index (χ0n) is 10.5. The van der Waals surface area contributed by atoms with Crippen LogP contribution in [0.1, 0.15) is 37.7 Å². The molecule has 1 aromatic carbocycles. The van der Waals surface area contributed by atoms with Crippen LogP contribution in [0.2, 0.25) is 0 Å². The van der Waals surface area contributed by atoms with Gasteiger partial charge < -0.3 is 4.74 Å². The Hall–Kier alpha value is -0.760. The largest absolute Gasteiger partial charge is 0.497 e. The number of benzene rings is 1. The lowest BCUT2D eigenvalue weighted by Gasteiger charge is -2.03. The first-order valence-electron chi connectivity index (χ1n) is 6.25. The van der Waals surface area contributed by atoms with Crippen LogP contribution in [0.25, 0.3) is 0 Å². The number of halogens is 1. The Morgan fingerprint density at radius 3 is 2.41 bits per heavy atom. The molecule has 0 aliphatic rings. The minimum atomic E-state index is 0.940. The van der Waals surface area contributed by atoms with Crippen LogP contribution in [-0.2, 0) is 6.42 Å². The van der Waals surface area contributed by atoms with Crippen LogP contribution in [0.15, 0.2) is 35.3 Å². The van der Waals surface area contributed by atoms with Crippen LogP contribution in [0.4, 0.5) is 0 Å². The fraction of sp³-hybridized carbons (Fsp3) is 0.467. The standard InChI is InChI=1S/C15H21BrO/c1-17-15-11-9-14(10-12-15)8-6-4-2-3-5-7-13-16/h7,9-13H,2-6,8H2,1H3/b13-7+. The first kappa shape index (κ1) is 14.3. The van der Waals surface area contributed by atoms with E-state index in [2.05, 4.69) is 34.1 Å². The van der Waals surface area contributed by atoms with Crippen molar-refractivity contribution in [1.29, 1.82) is 0 Å². The lowest BCUT2D eigenvalue weighted by molar-refractivity contribution is 0.414. The van der Waals surface area contributed by atoms with Crippen LogP contribution in [0, 0.1) is 0 Å². The fourth-order valence-corrected chi connectivity index (χ4v) is 2.06. The molecular weight excluding hydrogens is 276 g/mol. The molecule has 0 atom stereocenters. The second-order valence-electron chi connectivity index (χ2n) is 4.16. The zero-order valence-corrected chi connectivity index (χ0v) is 12.1. The third-order valence-electron chi connectivity index (χ3n) is 2.83. The molecule has 1 aromatic rings. The molecule has 0 aliphatic carbocycles. The van der Waals surface area contributed by atoms with Crippen LogP contribution in [-0.4, -0.2) is 7.11 Å². The predicted octanol–water partition coefficient (Wildman–Crippen LogP) is 5.10. The first-order chi connectivity index (χ1) is 8.36. The van der Waals surface area contributed by atoms with Crippen molar-refractivity contribution < 1.29 is 4.74 Å². The Morgan fingerprint density at radius 1 is 1.06 bits per heavy atom. The summed E-state index contributed by atoms with van der Waals surface area (Å²) in [5, 5.41) is 0. The van der Waals surface area contributed by atoms with E-state index in [-0.39, 0.29) is 0 Å². The zero-order chi connectivity index (χ0) is 12.3. The third kappa shape index (κ3) is 6.52. The molecular formula is C15H21BrO. The molecule has 0 saturated carbocycles. The van der Waals surface area contributed by atoms with E-state index in [1.807, 2.05) is 17.1 Å². The highest BCUT2D eigenvalue weighted by Crippen LogP contribution is 2.14. The summed E-state index contributed by atoms with van der Waals surface area (Å²) >= 11 is 3.28. The molecule has 0 fully saturated rings. The van der Waals surface area contributed by atoms with Crippen molar-refractivity contribution in [3.63, 3.8) is 0 Å². The average Bonchev–Trinajstić information content (AvgIpc) is 2.38. The number of hydrogen-bond acceptors (Lipinski definition) is 1. The van der Waals surface area contributed by atoms with Gasteiger partial charge in [-0.25, -0.2) is 0 Å². The average molecular weight is 297 g/mol. The van der Waals surface area contributed by atoms with Crippen molar-refractivity contribution >= 4 is 15.9 Å². The molecule has 17 heavy (non-hydrogen) atoms. The summed E-state index contributed by atoms with van der Waals surface area (Å²) in [4.78, 5) is 1.95. The van der Waals surface area contributed by atoms with E-state index in [0.29, 0.717) is 0 Å². The van der Waals surface area contributed by atoms with E-state index < -0.39 is 0 Å². The molecule has 0 saturated heterocycles. The molecule has 0 radical (unpaired) electrons. The van der Waals surface area contributed by atoms with Gasteiger partial charge in [-0.3, -0.25) is 0 Å². The maximum absolute atomic E-state index is 5.14. The second-order valence-corrected chi connectivity index (χ2v) is 4.69. The van der Waals surface area contributed by atoms with Crippen LogP contribution >= 0.6 is 15.9 Å². The van der Waals surface area contributed by atoms with E-state index in [1.54, 1.807) is 7.11 Å². The summed E-state index contributed by atoms with van der Waals surface area (Å²) in [7, 11) is 1.70. The number of aryl methyl sites for hydroxylation is 1. The van der Waals surface area contributed by atoms with Gasteiger partial charge >= 0.3 is 0 Å². The van der Waals surface area contributed by atoms with Gasteiger partial charge in [-0.05, 0) is 48.4 Å². The smallest absolute Gasteiger partial charge is 0.118 e. The van der Waals surface area contributed by atoms with Gasteiger partial charge in [0, 0.05) is 0 Å². The van der Waals surface area contributed by atoms with Gasteiger partial charge in [-0.2, -0.15) is 0 Å². The molecule has 94 valence electrons. The van der Waals surface area contributed by atoms with Gasteiger partial charge in [0.1, 0.15) is 5.75 Å². The summed E-state index contributed by atoms with van der Waals surface area (Å²) in [6, 6.07) is 8.39. The number of unbranched alkanes of at least 4 members (excludes halogenated alkanes) is 4. The van der Waals surface area contributed by atoms with E-state index >= 15 is 0 Å². The van der Waals surface area contributed by atoms with E-state index in [1.165, 1.54) is 44.1 Å². The molecule has 0 unspecified atom stereocenters. The maximum Gasteiger partial charge on any atom is 0.118 e. The summed E-state index contributed by atoms with van der Waals surface area (Å²) in [5.41, 5.74) is 1.41. The highest BCUT2D eigenvalue weighted by molar-refractivity contribution is 9.11. The Labute approximate surface area is 113 Å². The van der Waals surface area contributed by atoms with Crippen molar-refractivity contribution in [2.75, 3.05) is 7.11 Å². The predicted molar refractivity (Wildman–Crippen MR) is 77.9 cm³/mol. The molecule has 0 aromatic heterocycles. The maximum atomic E-state index is 5.14. The minimum absolute atomic E-state index is 0.940. The van der Waals surface area contributed by atoms with Gasteiger partial charge in [-0.1, -0.05) is 47.0 Å². The molecule has 0 spiro atoms. The minimum Gasteiger partial charge on any atom is -0.497 e. The lowest BCUT2D eigenvalue weighted by Crippen LogP contribution is -1.87. The summed E-state index contributed by atoms with van der Waals surface area (Å²) in [5.74, 6) is 0.940. The van der Waals surface area contributed by atoms with E-state index in [4.69, 9.17) is 4.74 Å². The van der Waals surface area contributed by atoms with Crippen LogP contribution in [0.5, 0.6) is 5.75 Å². The first-order valence-corrected chi connectivity index (χ1v) is 7.16. The molecule has 0 aliphatic heterocycles. The van der Waals surface area contributed by atoms with Crippen molar-refractivity contribution in [3.8, 4) is 5.75 Å². The topological polar surface area (TPSA) is 9.23 Å². The lowest BCUT2D eigenvalue weighted by atomic mass is 10.1. The highest BCUT2D eigenvalue weighted by Gasteiger charge is 1.95. The molecule has 0 amide bonds. The number of methoxy groups -OCH3 is 1. The quantitative estimate of drug-likeness (QED) is 0.607. The Balaban J connectivity index is 2.09. The number of hydrogen-bond donors (Lipinski definition) is 0. The molecule has 1 nitrogen and oxygen atoms in total. The van der Waals surface area contributed by atoms with Gasteiger partial charge in [-0.15, -0.1) is 0 Å². The van der Waals surface area contributed by atoms with Crippen molar-refractivity contribution in [2.45, 2.75) is 38.5 Å².